The Bertz CT molecular complexity index is 764. The van der Waals surface area contributed by atoms with Crippen LogP contribution in [-0.4, -0.2) is 0 Å². The van der Waals surface area contributed by atoms with E-state index in [0.29, 0.717) is 5.75 Å². The molecule has 3 rings (SSSR count). The van der Waals surface area contributed by atoms with Gasteiger partial charge in [-0.05, 0) is 23.3 Å². The summed E-state index contributed by atoms with van der Waals surface area (Å²) in [7, 11) is 0. The van der Waals surface area contributed by atoms with Crippen molar-refractivity contribution in [1.29, 1.82) is 10.5 Å². The van der Waals surface area contributed by atoms with Crippen molar-refractivity contribution in [3.8, 4) is 29.0 Å². The van der Waals surface area contributed by atoms with E-state index in [1.165, 1.54) is 0 Å². The molecule has 0 radical (unpaired) electrons. The van der Waals surface area contributed by atoms with Gasteiger partial charge in [0, 0.05) is 0 Å². The molecule has 2 aromatic rings. The first kappa shape index (κ1) is 11.8. The van der Waals surface area contributed by atoms with Crippen LogP contribution in [0.5, 0.6) is 5.75 Å². The number of ether oxygens (including phenoxy) is 1. The Hall–Kier alpha value is -3.24. The van der Waals surface area contributed by atoms with Gasteiger partial charge in [-0.3, -0.25) is 0 Å². The van der Waals surface area contributed by atoms with E-state index in [2.05, 4.69) is 5.32 Å². The summed E-state index contributed by atoms with van der Waals surface area (Å²) in [6.45, 7) is 0. The Labute approximate surface area is 116 Å². The van der Waals surface area contributed by atoms with Crippen LogP contribution in [0.15, 0.2) is 60.0 Å². The van der Waals surface area contributed by atoms with Gasteiger partial charge >= 0.3 is 0 Å². The molecule has 4 nitrogen and oxygen atoms in total. The molecule has 0 aromatic heterocycles. The van der Waals surface area contributed by atoms with Gasteiger partial charge in [0.2, 0.25) is 5.88 Å². The first-order valence-electron chi connectivity index (χ1n) is 6.00. The zero-order valence-corrected chi connectivity index (χ0v) is 10.4. The van der Waals surface area contributed by atoms with Crippen LogP contribution in [0.1, 0.15) is 0 Å². The van der Waals surface area contributed by atoms with Crippen molar-refractivity contribution in [3.05, 3.63) is 60.0 Å². The summed E-state index contributed by atoms with van der Waals surface area (Å²) in [5, 5.41) is 20.7. The van der Waals surface area contributed by atoms with Gasteiger partial charge < -0.3 is 10.1 Å². The molecule has 0 aliphatic carbocycles. The van der Waals surface area contributed by atoms with Crippen LogP contribution in [0, 0.1) is 22.7 Å². The standard InChI is InChI=1S/C16H9N3O/c17-9-13(10-18)16-19-14-8-12(6-7-15(14)20-16)11-4-2-1-3-5-11/h1-8,19H. The third-order valence-corrected chi connectivity index (χ3v) is 3.00. The lowest BCUT2D eigenvalue weighted by Crippen LogP contribution is -2.00. The number of nitrogens with zero attached hydrogens (tertiary/aromatic N) is 2. The second kappa shape index (κ2) is 4.79. The van der Waals surface area contributed by atoms with Crippen LogP contribution in [0.4, 0.5) is 5.69 Å². The number of benzene rings is 2. The van der Waals surface area contributed by atoms with Crippen molar-refractivity contribution in [2.45, 2.75) is 0 Å². The van der Waals surface area contributed by atoms with Crippen molar-refractivity contribution in [1.82, 2.24) is 0 Å². The summed E-state index contributed by atoms with van der Waals surface area (Å²) < 4.78 is 5.47. The monoisotopic (exact) mass is 259 g/mol. The van der Waals surface area contributed by atoms with E-state index in [0.717, 1.165) is 16.8 Å². The minimum atomic E-state index is -0.0672. The zero-order chi connectivity index (χ0) is 13.9. The lowest BCUT2D eigenvalue weighted by atomic mass is 10.1. The van der Waals surface area contributed by atoms with Crippen LogP contribution in [-0.2, 0) is 0 Å². The van der Waals surface area contributed by atoms with E-state index < -0.39 is 0 Å². The predicted molar refractivity (Wildman–Crippen MR) is 74.4 cm³/mol. The van der Waals surface area contributed by atoms with Gasteiger partial charge in [-0.2, -0.15) is 10.5 Å². The zero-order valence-electron chi connectivity index (χ0n) is 10.4. The summed E-state index contributed by atoms with van der Waals surface area (Å²) in [6.07, 6.45) is 0. The average Bonchev–Trinajstić information content (AvgIpc) is 2.92. The van der Waals surface area contributed by atoms with Gasteiger partial charge in [-0.15, -0.1) is 0 Å². The maximum Gasteiger partial charge on any atom is 0.226 e. The quantitative estimate of drug-likeness (QED) is 0.797. The van der Waals surface area contributed by atoms with Gasteiger partial charge in [-0.1, -0.05) is 36.4 Å². The van der Waals surface area contributed by atoms with Crippen molar-refractivity contribution in [3.63, 3.8) is 0 Å². The minimum Gasteiger partial charge on any atom is -0.437 e. The Balaban J connectivity index is 2.00. The Morgan fingerprint density at radius 1 is 0.950 bits per heavy atom. The fourth-order valence-electron chi connectivity index (χ4n) is 2.02. The smallest absolute Gasteiger partial charge is 0.226 e. The summed E-state index contributed by atoms with van der Waals surface area (Å²) >= 11 is 0. The first-order valence-corrected chi connectivity index (χ1v) is 6.00. The third-order valence-electron chi connectivity index (χ3n) is 3.00. The lowest BCUT2D eigenvalue weighted by Gasteiger charge is -2.03. The largest absolute Gasteiger partial charge is 0.437 e. The normalized spacial score (nSPS) is 11.6. The molecule has 94 valence electrons. The fourth-order valence-corrected chi connectivity index (χ4v) is 2.02. The van der Waals surface area contributed by atoms with Gasteiger partial charge in [0.05, 0.1) is 5.69 Å². The van der Waals surface area contributed by atoms with Crippen LogP contribution >= 0.6 is 0 Å². The van der Waals surface area contributed by atoms with E-state index in [1.807, 2.05) is 48.5 Å². The minimum absolute atomic E-state index is 0.0672. The number of hydrogen-bond donors (Lipinski definition) is 1. The summed E-state index contributed by atoms with van der Waals surface area (Å²) in [5.74, 6) is 0.804. The SMILES string of the molecule is N#CC(C#N)=C1Nc2cc(-c3ccccc3)ccc2O1. The molecule has 1 aliphatic heterocycles. The molecule has 0 saturated heterocycles. The second-order valence-electron chi connectivity index (χ2n) is 4.23. The molecule has 0 unspecified atom stereocenters. The van der Waals surface area contributed by atoms with Gasteiger partial charge in [-0.25, -0.2) is 0 Å². The van der Waals surface area contributed by atoms with Crippen molar-refractivity contribution in [2.75, 3.05) is 5.32 Å². The maximum atomic E-state index is 8.85. The number of nitriles is 2. The summed E-state index contributed by atoms with van der Waals surface area (Å²) in [4.78, 5) is 0. The van der Waals surface area contributed by atoms with E-state index in [-0.39, 0.29) is 11.5 Å². The molecule has 20 heavy (non-hydrogen) atoms. The molecule has 1 aliphatic rings. The van der Waals surface area contributed by atoms with E-state index >= 15 is 0 Å². The molecule has 0 fully saturated rings. The molecule has 2 aromatic carbocycles. The summed E-state index contributed by atoms with van der Waals surface area (Å²) in [5.41, 5.74) is 2.82. The predicted octanol–water partition coefficient (Wildman–Crippen LogP) is 3.42. The van der Waals surface area contributed by atoms with Crippen molar-refractivity contribution < 1.29 is 4.74 Å². The molecule has 0 atom stereocenters. The first-order chi connectivity index (χ1) is 9.81. The highest BCUT2D eigenvalue weighted by molar-refractivity contribution is 5.75. The van der Waals surface area contributed by atoms with Crippen molar-refractivity contribution >= 4 is 5.69 Å². The number of anilines is 1. The molecule has 1 N–H and O–H groups in total. The molecule has 4 heteroatoms. The molecular weight excluding hydrogens is 250 g/mol. The maximum absolute atomic E-state index is 8.85. The molecule has 1 heterocycles. The summed E-state index contributed by atoms with van der Waals surface area (Å²) in [6, 6.07) is 19.3. The van der Waals surface area contributed by atoms with Crippen LogP contribution in [0.3, 0.4) is 0 Å². The van der Waals surface area contributed by atoms with Gasteiger partial charge in [0.15, 0.2) is 11.3 Å². The average molecular weight is 259 g/mol. The topological polar surface area (TPSA) is 68.8 Å². The second-order valence-corrected chi connectivity index (χ2v) is 4.23. The van der Waals surface area contributed by atoms with Gasteiger partial charge in [0.1, 0.15) is 12.1 Å². The highest BCUT2D eigenvalue weighted by atomic mass is 16.5. The Kier molecular flexibility index (Phi) is 2.84. The highest BCUT2D eigenvalue weighted by Crippen LogP contribution is 2.37. The Morgan fingerprint density at radius 3 is 2.40 bits per heavy atom. The number of allylic oxidation sites excluding steroid dienone is 1. The molecule has 0 bridgehead atoms. The lowest BCUT2D eigenvalue weighted by molar-refractivity contribution is 0.455. The number of hydrogen-bond acceptors (Lipinski definition) is 4. The molecular formula is C16H9N3O. The Morgan fingerprint density at radius 2 is 1.70 bits per heavy atom. The molecule has 0 saturated carbocycles. The molecule has 0 spiro atoms. The van der Waals surface area contributed by atoms with Crippen molar-refractivity contribution in [2.24, 2.45) is 0 Å². The van der Waals surface area contributed by atoms with E-state index in [1.54, 1.807) is 12.1 Å². The third kappa shape index (κ3) is 1.96. The van der Waals surface area contributed by atoms with Gasteiger partial charge in [0.25, 0.3) is 0 Å². The van der Waals surface area contributed by atoms with Crippen LogP contribution < -0.4 is 10.1 Å². The van der Waals surface area contributed by atoms with E-state index in [9.17, 15) is 0 Å². The number of nitrogens with one attached hydrogen (secondary N) is 1. The molecule has 0 amide bonds. The number of fused-ring (bicyclic) bond motifs is 1. The van der Waals surface area contributed by atoms with E-state index in [4.69, 9.17) is 15.3 Å². The van der Waals surface area contributed by atoms with Crippen LogP contribution in [0.25, 0.3) is 11.1 Å². The number of rotatable bonds is 1. The van der Waals surface area contributed by atoms with Crippen LogP contribution in [0.2, 0.25) is 0 Å². The highest BCUT2D eigenvalue weighted by Gasteiger charge is 2.20. The fraction of sp³-hybridized carbons (Fsp3) is 0.